The predicted octanol–water partition coefficient (Wildman–Crippen LogP) is 1.90. The number of aromatic nitrogens is 3. The van der Waals surface area contributed by atoms with Crippen LogP contribution < -0.4 is 4.72 Å². The highest BCUT2D eigenvalue weighted by Gasteiger charge is 2.32. The molecule has 0 aromatic carbocycles. The molecule has 8 heteroatoms. The van der Waals surface area contributed by atoms with Gasteiger partial charge in [0.15, 0.2) is 0 Å². The zero-order valence-electron chi connectivity index (χ0n) is 12.1. The minimum absolute atomic E-state index is 0.0409. The second-order valence-corrected chi connectivity index (χ2v) is 8.87. The zero-order valence-corrected chi connectivity index (χ0v) is 13.7. The second-order valence-electron chi connectivity index (χ2n) is 5.98. The van der Waals surface area contributed by atoms with E-state index in [1.54, 1.807) is 17.5 Å². The van der Waals surface area contributed by atoms with Gasteiger partial charge in [0.25, 0.3) is 0 Å². The Bertz CT molecular complexity index is 763. The summed E-state index contributed by atoms with van der Waals surface area (Å²) in [5, 5.41) is 10.4. The molecule has 1 fully saturated rings. The number of thiophene rings is 1. The van der Waals surface area contributed by atoms with Crippen LogP contribution in [0.5, 0.6) is 0 Å². The van der Waals surface area contributed by atoms with Crippen molar-refractivity contribution in [3.8, 4) is 0 Å². The lowest BCUT2D eigenvalue weighted by atomic mass is 10.1. The Labute approximate surface area is 133 Å². The van der Waals surface area contributed by atoms with E-state index in [9.17, 15) is 8.42 Å². The van der Waals surface area contributed by atoms with Gasteiger partial charge in [0.1, 0.15) is 15.9 Å². The van der Waals surface area contributed by atoms with E-state index < -0.39 is 10.0 Å². The molecule has 4 rings (SSSR count). The summed E-state index contributed by atoms with van der Waals surface area (Å²) in [6.07, 6.45) is 4.74. The molecule has 1 saturated carbocycles. The lowest BCUT2D eigenvalue weighted by Gasteiger charge is -2.15. The van der Waals surface area contributed by atoms with Crippen molar-refractivity contribution < 1.29 is 8.42 Å². The fraction of sp³-hybridized carbons (Fsp3) is 0.571. The first kappa shape index (κ1) is 14.3. The summed E-state index contributed by atoms with van der Waals surface area (Å²) in [5.41, 5.74) is 0. The van der Waals surface area contributed by atoms with E-state index in [2.05, 4.69) is 19.5 Å². The maximum Gasteiger partial charge on any atom is 0.250 e. The van der Waals surface area contributed by atoms with Crippen LogP contribution >= 0.6 is 11.3 Å². The second kappa shape index (κ2) is 5.43. The van der Waals surface area contributed by atoms with E-state index in [-0.39, 0.29) is 6.04 Å². The molecule has 1 N–H and O–H groups in total. The summed E-state index contributed by atoms with van der Waals surface area (Å²) in [6, 6.07) is 3.36. The summed E-state index contributed by atoms with van der Waals surface area (Å²) in [5.74, 6) is 2.66. The Balaban J connectivity index is 1.48. The van der Waals surface area contributed by atoms with Crippen molar-refractivity contribution in [1.82, 2.24) is 19.5 Å². The topological polar surface area (TPSA) is 76.9 Å². The molecule has 6 nitrogen and oxygen atoms in total. The van der Waals surface area contributed by atoms with Crippen LogP contribution in [0.1, 0.15) is 43.3 Å². The van der Waals surface area contributed by atoms with Crippen molar-refractivity contribution in [3.05, 3.63) is 29.2 Å². The van der Waals surface area contributed by atoms with Gasteiger partial charge in [-0.2, -0.15) is 0 Å². The van der Waals surface area contributed by atoms with Crippen LogP contribution in [0.3, 0.4) is 0 Å². The molecule has 2 aliphatic rings. The molecular weight excluding hydrogens is 320 g/mol. The highest BCUT2D eigenvalue weighted by Crippen LogP contribution is 2.39. The third-order valence-electron chi connectivity index (χ3n) is 4.30. The summed E-state index contributed by atoms with van der Waals surface area (Å²) in [4.78, 5) is 0. The summed E-state index contributed by atoms with van der Waals surface area (Å²) in [7, 11) is -3.39. The van der Waals surface area contributed by atoms with Gasteiger partial charge in [-0.15, -0.1) is 21.5 Å². The smallest absolute Gasteiger partial charge is 0.250 e. The number of nitrogens with one attached hydrogen (secondary N) is 1. The summed E-state index contributed by atoms with van der Waals surface area (Å²) >= 11 is 1.25. The zero-order chi connectivity index (χ0) is 15.2. The number of nitrogens with zero attached hydrogens (tertiary/aromatic N) is 3. The molecule has 0 bridgehead atoms. The average molecular weight is 338 g/mol. The molecule has 3 heterocycles. The third-order valence-corrected chi connectivity index (χ3v) is 7.22. The number of hydrogen-bond donors (Lipinski definition) is 1. The lowest BCUT2D eigenvalue weighted by molar-refractivity contribution is 0.493. The Hall–Kier alpha value is -1.25. The normalized spacial score (nSPS) is 22.3. The predicted molar refractivity (Wildman–Crippen MR) is 83.4 cm³/mol. The molecule has 0 radical (unpaired) electrons. The van der Waals surface area contributed by atoms with Crippen LogP contribution in [0.25, 0.3) is 0 Å². The maximum absolute atomic E-state index is 12.3. The molecule has 0 spiro atoms. The van der Waals surface area contributed by atoms with Gasteiger partial charge in [0.05, 0.1) is 0 Å². The molecule has 1 aliphatic carbocycles. The summed E-state index contributed by atoms with van der Waals surface area (Å²) < 4.78 is 30.1. The van der Waals surface area contributed by atoms with Gasteiger partial charge in [-0.05, 0) is 37.1 Å². The molecular formula is C14H18N4O2S2. The fourth-order valence-electron chi connectivity index (χ4n) is 2.97. The van der Waals surface area contributed by atoms with Gasteiger partial charge in [-0.1, -0.05) is 6.07 Å². The number of fused-ring (bicyclic) bond motifs is 1. The Morgan fingerprint density at radius 2 is 2.09 bits per heavy atom. The van der Waals surface area contributed by atoms with Gasteiger partial charge in [-0.25, -0.2) is 13.1 Å². The monoisotopic (exact) mass is 338 g/mol. The maximum atomic E-state index is 12.3. The molecule has 2 aromatic heterocycles. The van der Waals surface area contributed by atoms with Gasteiger partial charge in [-0.3, -0.25) is 0 Å². The van der Waals surface area contributed by atoms with Crippen molar-refractivity contribution in [1.29, 1.82) is 0 Å². The van der Waals surface area contributed by atoms with Gasteiger partial charge in [0.2, 0.25) is 10.0 Å². The van der Waals surface area contributed by atoms with E-state index in [0.29, 0.717) is 10.1 Å². The highest BCUT2D eigenvalue weighted by atomic mass is 32.2. The number of sulfonamides is 1. The number of rotatable bonds is 4. The van der Waals surface area contributed by atoms with Gasteiger partial charge in [0, 0.05) is 24.9 Å². The van der Waals surface area contributed by atoms with Crippen molar-refractivity contribution >= 4 is 21.4 Å². The number of aryl methyl sites for hydroxylation is 1. The molecule has 118 valence electrons. The molecule has 2 aromatic rings. The van der Waals surface area contributed by atoms with E-state index in [4.69, 9.17) is 0 Å². The van der Waals surface area contributed by atoms with Gasteiger partial charge < -0.3 is 4.57 Å². The Kier molecular flexibility index (Phi) is 3.54. The first-order valence-electron chi connectivity index (χ1n) is 7.61. The van der Waals surface area contributed by atoms with E-state index in [1.165, 1.54) is 24.2 Å². The fourth-order valence-corrected chi connectivity index (χ4v) is 5.28. The van der Waals surface area contributed by atoms with Crippen LogP contribution in [0.4, 0.5) is 0 Å². The van der Waals surface area contributed by atoms with Crippen LogP contribution in [0.2, 0.25) is 0 Å². The first-order valence-corrected chi connectivity index (χ1v) is 9.97. The standard InChI is InChI=1S/C14H18N4O2S2/c19-22(20,13-2-1-9-21-13)17-11-5-6-12-15-16-14(10-3-4-10)18(12)8-7-11/h1-2,9-11,17H,3-8H2. The molecule has 1 unspecified atom stereocenters. The number of hydrogen-bond acceptors (Lipinski definition) is 5. The van der Waals surface area contributed by atoms with Crippen LogP contribution in [-0.4, -0.2) is 29.2 Å². The molecule has 1 aliphatic heterocycles. The van der Waals surface area contributed by atoms with Crippen molar-refractivity contribution in [2.45, 2.75) is 54.8 Å². The quantitative estimate of drug-likeness (QED) is 0.924. The molecule has 22 heavy (non-hydrogen) atoms. The average Bonchev–Trinajstić information content (AvgIpc) is 3.08. The lowest BCUT2D eigenvalue weighted by Crippen LogP contribution is -2.34. The van der Waals surface area contributed by atoms with Crippen molar-refractivity contribution in [3.63, 3.8) is 0 Å². The molecule has 0 amide bonds. The van der Waals surface area contributed by atoms with Crippen molar-refractivity contribution in [2.24, 2.45) is 0 Å². The summed E-state index contributed by atoms with van der Waals surface area (Å²) in [6.45, 7) is 0.797. The van der Waals surface area contributed by atoms with Crippen LogP contribution in [0.15, 0.2) is 21.7 Å². The highest BCUT2D eigenvalue weighted by molar-refractivity contribution is 7.91. The first-order chi connectivity index (χ1) is 10.6. The Morgan fingerprint density at radius 3 is 2.82 bits per heavy atom. The minimum atomic E-state index is -3.39. The third kappa shape index (κ3) is 2.70. The molecule has 1 atom stereocenters. The van der Waals surface area contributed by atoms with Crippen LogP contribution in [0, 0.1) is 0 Å². The largest absolute Gasteiger partial charge is 0.315 e. The SMILES string of the molecule is O=S(=O)(NC1CCc2nnc(C3CC3)n2CC1)c1cccs1. The molecule has 0 saturated heterocycles. The van der Waals surface area contributed by atoms with E-state index in [1.807, 2.05) is 0 Å². The van der Waals surface area contributed by atoms with Crippen molar-refractivity contribution in [2.75, 3.05) is 0 Å². The van der Waals surface area contributed by atoms with Gasteiger partial charge >= 0.3 is 0 Å². The Morgan fingerprint density at radius 1 is 1.23 bits per heavy atom. The van der Waals surface area contributed by atoms with Crippen LogP contribution in [-0.2, 0) is 23.0 Å². The minimum Gasteiger partial charge on any atom is -0.315 e. The van der Waals surface area contributed by atoms with E-state index >= 15 is 0 Å². The van der Waals surface area contributed by atoms with E-state index in [0.717, 1.165) is 37.5 Å².